The molecule has 0 aromatic rings. The molecule has 4 heteroatoms. The Hall–Kier alpha value is -1.29. The lowest BCUT2D eigenvalue weighted by molar-refractivity contribution is -0.138. The number of carboxylic acid groups (broad SMARTS) is 1. The summed E-state index contributed by atoms with van der Waals surface area (Å²) in [5, 5.41) is 18.7. The van der Waals surface area contributed by atoms with E-state index in [1.807, 2.05) is 13.0 Å². The van der Waals surface area contributed by atoms with Crippen molar-refractivity contribution in [2.24, 2.45) is 11.8 Å². The van der Waals surface area contributed by atoms with Gasteiger partial charge in [0.15, 0.2) is 0 Å². The van der Waals surface area contributed by atoms with Gasteiger partial charge in [0.25, 0.3) is 0 Å². The normalized spacial score (nSPS) is 33.9. The lowest BCUT2D eigenvalue weighted by Crippen LogP contribution is -2.34. The maximum absolute atomic E-state index is 10.9. The summed E-state index contributed by atoms with van der Waals surface area (Å²) < 4.78 is 4.97. The van der Waals surface area contributed by atoms with Crippen LogP contribution < -0.4 is 0 Å². The largest absolute Gasteiger partial charge is 0.478 e. The first kappa shape index (κ1) is 10.2. The molecule has 0 saturated carbocycles. The molecule has 0 aromatic heterocycles. The molecule has 0 radical (unpaired) electrons. The van der Waals surface area contributed by atoms with Crippen molar-refractivity contribution in [3.8, 4) is 0 Å². The quantitative estimate of drug-likeness (QED) is 0.674. The summed E-state index contributed by atoms with van der Waals surface area (Å²) in [6, 6.07) is 0. The summed E-state index contributed by atoms with van der Waals surface area (Å²) in [6.45, 7) is 2.00. The van der Waals surface area contributed by atoms with Gasteiger partial charge in [-0.2, -0.15) is 0 Å². The summed E-state index contributed by atoms with van der Waals surface area (Å²) in [7, 11) is 0. The van der Waals surface area contributed by atoms with Crippen LogP contribution in [0.25, 0.3) is 0 Å². The van der Waals surface area contributed by atoms with Gasteiger partial charge in [-0.25, -0.2) is 4.79 Å². The average Bonchev–Trinajstić information content (AvgIpc) is 2.62. The summed E-state index contributed by atoms with van der Waals surface area (Å²) in [5.74, 6) is -1.25. The molecule has 0 aromatic carbocycles. The summed E-state index contributed by atoms with van der Waals surface area (Å²) in [4.78, 5) is 10.9. The molecular formula is C11H14O4. The van der Waals surface area contributed by atoms with Gasteiger partial charge in [-0.05, 0) is 12.8 Å². The number of aliphatic carboxylic acids is 1. The number of fused-ring (bicyclic) bond motifs is 1. The van der Waals surface area contributed by atoms with Crippen LogP contribution in [-0.2, 0) is 9.53 Å². The Labute approximate surface area is 87.9 Å². The SMILES string of the molecule is CCC1=CC[C@@H]2C(C(=O)O)=CO[C@H](O)[C@@H]12. The first-order chi connectivity index (χ1) is 7.15. The second-order valence-electron chi connectivity index (χ2n) is 3.91. The van der Waals surface area contributed by atoms with Gasteiger partial charge in [0.2, 0.25) is 6.29 Å². The molecule has 2 N–H and O–H groups in total. The van der Waals surface area contributed by atoms with E-state index in [1.54, 1.807) is 0 Å². The second kappa shape index (κ2) is 3.70. The molecule has 0 amide bonds. The van der Waals surface area contributed by atoms with E-state index in [9.17, 15) is 9.90 Å². The van der Waals surface area contributed by atoms with Crippen molar-refractivity contribution in [1.29, 1.82) is 0 Å². The number of aliphatic hydroxyl groups excluding tert-OH is 1. The van der Waals surface area contributed by atoms with Crippen LogP contribution in [-0.4, -0.2) is 22.5 Å². The minimum Gasteiger partial charge on any atom is -0.478 e. The molecule has 1 aliphatic heterocycles. The van der Waals surface area contributed by atoms with Gasteiger partial charge < -0.3 is 14.9 Å². The van der Waals surface area contributed by atoms with Gasteiger partial charge >= 0.3 is 5.97 Å². The highest BCUT2D eigenvalue weighted by Gasteiger charge is 2.42. The van der Waals surface area contributed by atoms with Gasteiger partial charge in [-0.3, -0.25) is 0 Å². The molecule has 2 aliphatic rings. The van der Waals surface area contributed by atoms with Gasteiger partial charge in [0.05, 0.1) is 11.8 Å². The van der Waals surface area contributed by atoms with Crippen molar-refractivity contribution in [3.63, 3.8) is 0 Å². The molecule has 0 bridgehead atoms. The Morgan fingerprint density at radius 1 is 1.67 bits per heavy atom. The number of carboxylic acids is 1. The van der Waals surface area contributed by atoms with Crippen molar-refractivity contribution < 1.29 is 19.7 Å². The predicted molar refractivity (Wildman–Crippen MR) is 52.8 cm³/mol. The van der Waals surface area contributed by atoms with E-state index in [0.29, 0.717) is 6.42 Å². The summed E-state index contributed by atoms with van der Waals surface area (Å²) in [6.07, 6.45) is 3.82. The third-order valence-corrected chi connectivity index (χ3v) is 3.19. The lowest BCUT2D eigenvalue weighted by atomic mass is 9.83. The van der Waals surface area contributed by atoms with Crippen LogP contribution in [0.4, 0.5) is 0 Å². The highest BCUT2D eigenvalue weighted by atomic mass is 16.6. The minimum absolute atomic E-state index is 0.124. The van der Waals surface area contributed by atoms with Gasteiger partial charge in [0.1, 0.15) is 0 Å². The Morgan fingerprint density at radius 3 is 3.00 bits per heavy atom. The number of ether oxygens (including phenoxy) is 1. The van der Waals surface area contributed by atoms with E-state index in [4.69, 9.17) is 9.84 Å². The standard InChI is InChI=1S/C11H14O4/c1-2-6-3-4-7-8(10(12)13)5-15-11(14)9(6)7/h3,5,7,9,11,14H,2,4H2,1H3,(H,12,13)/t7-,9+,11+/m1/s1. The molecule has 2 rings (SSSR count). The van der Waals surface area contributed by atoms with E-state index in [1.165, 1.54) is 6.26 Å². The van der Waals surface area contributed by atoms with Crippen LogP contribution >= 0.6 is 0 Å². The highest BCUT2D eigenvalue weighted by Crippen LogP contribution is 2.43. The molecule has 0 unspecified atom stereocenters. The topological polar surface area (TPSA) is 66.8 Å². The van der Waals surface area contributed by atoms with E-state index in [2.05, 4.69) is 0 Å². The van der Waals surface area contributed by atoms with Crippen molar-refractivity contribution in [2.45, 2.75) is 26.1 Å². The molecule has 0 fully saturated rings. The zero-order valence-corrected chi connectivity index (χ0v) is 8.51. The minimum atomic E-state index is -0.956. The molecule has 0 saturated heterocycles. The highest BCUT2D eigenvalue weighted by molar-refractivity contribution is 5.87. The predicted octanol–water partition coefficient (Wildman–Crippen LogP) is 1.28. The lowest BCUT2D eigenvalue weighted by Gasteiger charge is -2.31. The maximum Gasteiger partial charge on any atom is 0.335 e. The molecule has 1 heterocycles. The number of hydrogen-bond donors (Lipinski definition) is 2. The molecule has 1 aliphatic carbocycles. The van der Waals surface area contributed by atoms with Crippen LogP contribution in [0.1, 0.15) is 19.8 Å². The number of rotatable bonds is 2. The monoisotopic (exact) mass is 210 g/mol. The van der Waals surface area contributed by atoms with Gasteiger partial charge in [0, 0.05) is 11.8 Å². The van der Waals surface area contributed by atoms with Crippen molar-refractivity contribution in [2.75, 3.05) is 0 Å². The Balaban J connectivity index is 2.29. The molecule has 3 atom stereocenters. The maximum atomic E-state index is 10.9. The zero-order valence-electron chi connectivity index (χ0n) is 8.51. The van der Waals surface area contributed by atoms with Gasteiger partial charge in [-0.1, -0.05) is 18.6 Å². The Morgan fingerprint density at radius 2 is 2.40 bits per heavy atom. The number of carbonyl (C=O) groups is 1. The van der Waals surface area contributed by atoms with E-state index >= 15 is 0 Å². The van der Waals surface area contributed by atoms with Crippen molar-refractivity contribution >= 4 is 5.97 Å². The van der Waals surface area contributed by atoms with Gasteiger partial charge in [-0.15, -0.1) is 0 Å². The first-order valence-corrected chi connectivity index (χ1v) is 5.11. The molecule has 4 nitrogen and oxygen atoms in total. The average molecular weight is 210 g/mol. The Bertz CT molecular complexity index is 342. The number of allylic oxidation sites excluding steroid dienone is 1. The van der Waals surface area contributed by atoms with E-state index < -0.39 is 12.3 Å². The Kier molecular flexibility index (Phi) is 2.52. The molecular weight excluding hydrogens is 196 g/mol. The molecule has 82 valence electrons. The smallest absolute Gasteiger partial charge is 0.335 e. The van der Waals surface area contributed by atoms with E-state index in [0.717, 1.165) is 12.0 Å². The van der Waals surface area contributed by atoms with E-state index in [-0.39, 0.29) is 17.4 Å². The fourth-order valence-corrected chi connectivity index (χ4v) is 2.43. The van der Waals surface area contributed by atoms with Crippen LogP contribution in [0.15, 0.2) is 23.5 Å². The van der Waals surface area contributed by atoms with Crippen molar-refractivity contribution in [1.82, 2.24) is 0 Å². The third-order valence-electron chi connectivity index (χ3n) is 3.19. The van der Waals surface area contributed by atoms with Crippen LogP contribution in [0.3, 0.4) is 0 Å². The second-order valence-corrected chi connectivity index (χ2v) is 3.91. The summed E-state index contributed by atoms with van der Waals surface area (Å²) in [5.41, 5.74) is 1.37. The summed E-state index contributed by atoms with van der Waals surface area (Å²) >= 11 is 0. The molecule has 0 spiro atoms. The third kappa shape index (κ3) is 1.55. The zero-order chi connectivity index (χ0) is 11.0. The fraction of sp³-hybridized carbons (Fsp3) is 0.545. The van der Waals surface area contributed by atoms with Crippen LogP contribution in [0, 0.1) is 11.8 Å². The number of aliphatic hydroxyl groups is 1. The number of hydrogen-bond acceptors (Lipinski definition) is 3. The van der Waals surface area contributed by atoms with Crippen LogP contribution in [0.2, 0.25) is 0 Å². The van der Waals surface area contributed by atoms with Crippen molar-refractivity contribution in [3.05, 3.63) is 23.5 Å². The first-order valence-electron chi connectivity index (χ1n) is 5.11. The van der Waals surface area contributed by atoms with Crippen LogP contribution in [0.5, 0.6) is 0 Å². The molecule has 15 heavy (non-hydrogen) atoms. The fourth-order valence-electron chi connectivity index (χ4n) is 2.43.